The van der Waals surface area contributed by atoms with Gasteiger partial charge in [0.25, 0.3) is 0 Å². The van der Waals surface area contributed by atoms with Crippen molar-refractivity contribution in [3.63, 3.8) is 0 Å². The summed E-state index contributed by atoms with van der Waals surface area (Å²) in [6, 6.07) is 0. The van der Waals surface area contributed by atoms with Gasteiger partial charge in [0.1, 0.15) is 0 Å². The third-order valence-corrected chi connectivity index (χ3v) is 8.60. The summed E-state index contributed by atoms with van der Waals surface area (Å²) in [5.74, 6) is 1.33. The van der Waals surface area contributed by atoms with Crippen LogP contribution in [0, 0.1) is 0 Å². The van der Waals surface area contributed by atoms with Crippen LogP contribution in [0.4, 0.5) is 0 Å². The van der Waals surface area contributed by atoms with Gasteiger partial charge >= 0.3 is 7.60 Å². The largest absolute Gasteiger partial charge is 0.377 e. The molecule has 0 bridgehead atoms. The van der Waals surface area contributed by atoms with Crippen molar-refractivity contribution in [2.75, 3.05) is 11.5 Å². The minimum Gasteiger partial charge on any atom is -0.377 e. The predicted octanol–water partition coefficient (Wildman–Crippen LogP) is 7.39. The van der Waals surface area contributed by atoms with E-state index in [9.17, 15) is 9.67 Å². The molecule has 0 aliphatic rings. The smallest absolute Gasteiger partial charge is 0.362 e. The lowest BCUT2D eigenvalue weighted by atomic mass is 10.1. The molecule has 0 aromatic carbocycles. The Balaban J connectivity index is 3.97. The molecule has 0 aliphatic carbocycles. The van der Waals surface area contributed by atoms with Crippen LogP contribution in [0.1, 0.15) is 106 Å². The second-order valence-corrected chi connectivity index (χ2v) is 11.7. The molecule has 6 heteroatoms. The molecule has 0 saturated carbocycles. The first kappa shape index (κ1) is 27.5. The lowest BCUT2D eigenvalue weighted by molar-refractivity contribution is 0.0672. The minimum absolute atomic E-state index is 0.256. The van der Waals surface area contributed by atoms with Gasteiger partial charge in [0.05, 0.1) is 12.2 Å². The Morgan fingerprint density at radius 1 is 0.852 bits per heavy atom. The van der Waals surface area contributed by atoms with Crippen molar-refractivity contribution < 1.29 is 18.7 Å². The van der Waals surface area contributed by atoms with Crippen molar-refractivity contribution in [1.29, 1.82) is 0 Å². The quantitative estimate of drug-likeness (QED) is 0.184. The molecule has 0 rings (SSSR count). The maximum atomic E-state index is 13.1. The highest BCUT2D eigenvalue weighted by Crippen LogP contribution is 2.61. The molecular weight excluding hydrogens is 379 g/mol. The van der Waals surface area contributed by atoms with Gasteiger partial charge < -0.3 is 14.2 Å². The average Bonchev–Trinajstić information content (AvgIpc) is 2.54. The number of unbranched alkanes of at least 4 members (excludes halogenated alkanes) is 9. The zero-order valence-corrected chi connectivity index (χ0v) is 20.4. The van der Waals surface area contributed by atoms with Crippen molar-refractivity contribution in [2.24, 2.45) is 0 Å². The highest BCUT2D eigenvalue weighted by molar-refractivity contribution is 7.99. The third kappa shape index (κ3) is 13.3. The Bertz CT molecular complexity index is 386. The summed E-state index contributed by atoms with van der Waals surface area (Å²) < 4.78 is 24.2. The van der Waals surface area contributed by atoms with Gasteiger partial charge in [-0.2, -0.15) is 11.8 Å². The van der Waals surface area contributed by atoms with Crippen molar-refractivity contribution in [2.45, 2.75) is 123 Å². The van der Waals surface area contributed by atoms with Gasteiger partial charge in [0.15, 0.2) is 5.34 Å². The van der Waals surface area contributed by atoms with E-state index in [1.807, 2.05) is 27.7 Å². The Morgan fingerprint density at radius 2 is 1.26 bits per heavy atom. The van der Waals surface area contributed by atoms with Crippen molar-refractivity contribution >= 4 is 19.4 Å². The normalized spacial score (nSPS) is 14.9. The Labute approximate surface area is 173 Å². The summed E-state index contributed by atoms with van der Waals surface area (Å²) in [7, 11) is -3.58. The first-order valence-corrected chi connectivity index (χ1v) is 13.6. The zero-order valence-electron chi connectivity index (χ0n) is 18.7. The van der Waals surface area contributed by atoms with Gasteiger partial charge in [-0.1, -0.05) is 64.7 Å². The molecule has 0 aliphatic heterocycles. The zero-order chi connectivity index (χ0) is 20.8. The van der Waals surface area contributed by atoms with E-state index in [2.05, 4.69) is 6.92 Å². The fraction of sp³-hybridized carbons (Fsp3) is 1.00. The summed E-state index contributed by atoms with van der Waals surface area (Å²) in [5, 5.41) is 9.29. The molecule has 1 unspecified atom stereocenters. The van der Waals surface area contributed by atoms with E-state index < -0.39 is 12.9 Å². The van der Waals surface area contributed by atoms with Crippen LogP contribution in [-0.2, 0) is 13.6 Å². The Kier molecular flexibility index (Phi) is 15.6. The van der Waals surface area contributed by atoms with Gasteiger partial charge in [-0.25, -0.2) is 0 Å². The molecule has 164 valence electrons. The van der Waals surface area contributed by atoms with E-state index in [-0.39, 0.29) is 12.2 Å². The van der Waals surface area contributed by atoms with Crippen LogP contribution in [0.2, 0.25) is 0 Å². The van der Waals surface area contributed by atoms with Crippen LogP contribution < -0.4 is 0 Å². The van der Waals surface area contributed by atoms with Gasteiger partial charge in [-0.15, -0.1) is 0 Å². The SMILES string of the molecule is CCCCCCCCCCCCSCC(C)(O)P(=O)(OC(C)C)OC(C)C. The van der Waals surface area contributed by atoms with Gasteiger partial charge in [-0.05, 0) is 46.8 Å². The van der Waals surface area contributed by atoms with Crippen LogP contribution >= 0.6 is 19.4 Å². The van der Waals surface area contributed by atoms with E-state index in [0.29, 0.717) is 5.75 Å². The van der Waals surface area contributed by atoms with Crippen LogP contribution in [0.3, 0.4) is 0 Å². The standard InChI is InChI=1S/C21H45O4PS/c1-7-8-9-10-11-12-13-14-15-16-17-27-18-21(6,22)26(23,24-19(2)3)25-20(4)5/h19-20,22H,7-18H2,1-6H3. The second kappa shape index (κ2) is 15.3. The lowest BCUT2D eigenvalue weighted by Gasteiger charge is -2.33. The first-order valence-electron chi connectivity index (χ1n) is 10.9. The van der Waals surface area contributed by atoms with Crippen LogP contribution in [0.15, 0.2) is 0 Å². The van der Waals surface area contributed by atoms with E-state index in [0.717, 1.165) is 12.2 Å². The summed E-state index contributed by atoms with van der Waals surface area (Å²) in [6.45, 7) is 11.1. The molecule has 1 N–H and O–H groups in total. The lowest BCUT2D eigenvalue weighted by Crippen LogP contribution is -2.32. The topological polar surface area (TPSA) is 55.8 Å². The maximum Gasteiger partial charge on any atom is 0.362 e. The number of aliphatic hydroxyl groups is 1. The molecule has 0 radical (unpaired) electrons. The maximum absolute atomic E-state index is 13.1. The van der Waals surface area contributed by atoms with E-state index in [1.54, 1.807) is 18.7 Å². The molecule has 27 heavy (non-hydrogen) atoms. The van der Waals surface area contributed by atoms with Crippen LogP contribution in [-0.4, -0.2) is 34.2 Å². The summed E-state index contributed by atoms with van der Waals surface area (Å²) >= 11 is 1.64. The van der Waals surface area contributed by atoms with Gasteiger partial charge in [0, 0.05) is 5.75 Å². The number of hydrogen-bond acceptors (Lipinski definition) is 5. The fourth-order valence-electron chi connectivity index (χ4n) is 2.84. The first-order chi connectivity index (χ1) is 12.6. The van der Waals surface area contributed by atoms with Crippen LogP contribution in [0.5, 0.6) is 0 Å². The molecule has 0 amide bonds. The molecular formula is C21H45O4PS. The van der Waals surface area contributed by atoms with Crippen molar-refractivity contribution in [3.05, 3.63) is 0 Å². The van der Waals surface area contributed by atoms with E-state index >= 15 is 0 Å². The summed E-state index contributed by atoms with van der Waals surface area (Å²) in [5.41, 5.74) is 0. The Hall–Kier alpha value is 0.460. The van der Waals surface area contributed by atoms with E-state index in [1.165, 1.54) is 57.8 Å². The van der Waals surface area contributed by atoms with Gasteiger partial charge in [0.2, 0.25) is 0 Å². The molecule has 0 fully saturated rings. The van der Waals surface area contributed by atoms with Crippen LogP contribution in [0.25, 0.3) is 0 Å². The monoisotopic (exact) mass is 424 g/mol. The summed E-state index contributed by atoms with van der Waals surface area (Å²) in [6.07, 6.45) is 12.7. The minimum atomic E-state index is -3.58. The van der Waals surface area contributed by atoms with Crippen molar-refractivity contribution in [1.82, 2.24) is 0 Å². The predicted molar refractivity (Wildman–Crippen MR) is 120 cm³/mol. The highest BCUT2D eigenvalue weighted by atomic mass is 32.2. The molecule has 0 aromatic heterocycles. The van der Waals surface area contributed by atoms with Gasteiger partial charge in [-0.3, -0.25) is 4.57 Å². The Morgan fingerprint density at radius 3 is 1.67 bits per heavy atom. The molecule has 0 heterocycles. The molecule has 0 spiro atoms. The van der Waals surface area contributed by atoms with Crippen molar-refractivity contribution in [3.8, 4) is 0 Å². The highest BCUT2D eigenvalue weighted by Gasteiger charge is 2.47. The van der Waals surface area contributed by atoms with E-state index in [4.69, 9.17) is 9.05 Å². The average molecular weight is 425 g/mol. The molecule has 1 atom stereocenters. The molecule has 0 saturated heterocycles. The third-order valence-electron chi connectivity index (χ3n) is 4.31. The second-order valence-electron chi connectivity index (χ2n) is 8.26. The summed E-state index contributed by atoms with van der Waals surface area (Å²) in [4.78, 5) is 0. The number of rotatable bonds is 18. The molecule has 4 nitrogen and oxygen atoms in total. The fourth-order valence-corrected chi connectivity index (χ4v) is 6.30. The molecule has 0 aromatic rings. The number of thioether (sulfide) groups is 1. The number of hydrogen-bond donors (Lipinski definition) is 1.